The highest BCUT2D eigenvalue weighted by molar-refractivity contribution is 6.04. The van der Waals surface area contributed by atoms with Gasteiger partial charge >= 0.3 is 0 Å². The maximum atomic E-state index is 11.5. The molecular weight excluding hydrogens is 160 g/mol. The summed E-state index contributed by atoms with van der Waals surface area (Å²) in [4.78, 5) is 11.5. The van der Waals surface area contributed by atoms with Gasteiger partial charge in [-0.15, -0.1) is 0 Å². The van der Waals surface area contributed by atoms with E-state index in [0.29, 0.717) is 0 Å². The smallest absolute Gasteiger partial charge is 0.185 e. The van der Waals surface area contributed by atoms with Crippen LogP contribution in [0.3, 0.4) is 0 Å². The predicted molar refractivity (Wildman–Crippen MR) is 54.9 cm³/mol. The summed E-state index contributed by atoms with van der Waals surface area (Å²) >= 11 is 0. The van der Waals surface area contributed by atoms with Crippen molar-refractivity contribution in [2.75, 3.05) is 0 Å². The second-order valence-electron chi connectivity index (χ2n) is 3.04. The third-order valence-electron chi connectivity index (χ3n) is 1.81. The summed E-state index contributed by atoms with van der Waals surface area (Å²) in [6.45, 7) is 4.00. The number of ketones is 1. The lowest BCUT2D eigenvalue weighted by Crippen LogP contribution is -1.93. The van der Waals surface area contributed by atoms with E-state index in [4.69, 9.17) is 0 Å². The fourth-order valence-corrected chi connectivity index (χ4v) is 1.12. The van der Waals surface area contributed by atoms with Gasteiger partial charge in [0.2, 0.25) is 0 Å². The van der Waals surface area contributed by atoms with Crippen LogP contribution in [-0.2, 0) is 0 Å². The van der Waals surface area contributed by atoms with Gasteiger partial charge in [0, 0.05) is 5.56 Å². The molecule has 1 aromatic carbocycles. The average Bonchev–Trinajstić information content (AvgIpc) is 2.14. The number of hydrogen-bond acceptors (Lipinski definition) is 1. The molecule has 1 rings (SSSR count). The summed E-state index contributed by atoms with van der Waals surface area (Å²) < 4.78 is 0. The van der Waals surface area contributed by atoms with Crippen LogP contribution in [0, 0.1) is 6.92 Å². The molecule has 0 unspecified atom stereocenters. The SMILES string of the molecule is CC/C=C/C(=O)c1cccc(C)c1. The van der Waals surface area contributed by atoms with Crippen LogP contribution in [0.25, 0.3) is 0 Å². The summed E-state index contributed by atoms with van der Waals surface area (Å²) in [5.41, 5.74) is 1.89. The largest absolute Gasteiger partial charge is 0.289 e. The minimum Gasteiger partial charge on any atom is -0.289 e. The van der Waals surface area contributed by atoms with E-state index in [-0.39, 0.29) is 5.78 Å². The Kier molecular flexibility index (Phi) is 3.44. The molecule has 0 spiro atoms. The second kappa shape index (κ2) is 4.61. The van der Waals surface area contributed by atoms with E-state index < -0.39 is 0 Å². The van der Waals surface area contributed by atoms with Gasteiger partial charge in [0.1, 0.15) is 0 Å². The minimum atomic E-state index is 0.0885. The van der Waals surface area contributed by atoms with Crippen LogP contribution in [0.15, 0.2) is 36.4 Å². The normalized spacial score (nSPS) is 10.6. The van der Waals surface area contributed by atoms with Crippen LogP contribution in [-0.4, -0.2) is 5.78 Å². The van der Waals surface area contributed by atoms with Gasteiger partial charge in [-0.1, -0.05) is 36.8 Å². The minimum absolute atomic E-state index is 0.0885. The van der Waals surface area contributed by atoms with Crippen molar-refractivity contribution in [2.45, 2.75) is 20.3 Å². The van der Waals surface area contributed by atoms with Crippen molar-refractivity contribution in [3.63, 3.8) is 0 Å². The highest BCUT2D eigenvalue weighted by Gasteiger charge is 1.99. The zero-order valence-corrected chi connectivity index (χ0v) is 8.08. The lowest BCUT2D eigenvalue weighted by Gasteiger charge is -1.96. The predicted octanol–water partition coefficient (Wildman–Crippen LogP) is 3.14. The number of hydrogen-bond donors (Lipinski definition) is 0. The van der Waals surface area contributed by atoms with Crippen molar-refractivity contribution in [2.24, 2.45) is 0 Å². The number of allylic oxidation sites excluding steroid dienone is 2. The Morgan fingerprint density at radius 2 is 2.23 bits per heavy atom. The van der Waals surface area contributed by atoms with Gasteiger partial charge in [-0.3, -0.25) is 4.79 Å². The summed E-state index contributed by atoms with van der Waals surface area (Å²) in [6.07, 6.45) is 4.41. The molecule has 1 heteroatoms. The lowest BCUT2D eigenvalue weighted by atomic mass is 10.1. The van der Waals surface area contributed by atoms with Gasteiger partial charge in [0.05, 0.1) is 0 Å². The van der Waals surface area contributed by atoms with E-state index in [1.807, 2.05) is 44.2 Å². The molecule has 0 bridgehead atoms. The van der Waals surface area contributed by atoms with E-state index in [9.17, 15) is 4.79 Å². The maximum absolute atomic E-state index is 11.5. The number of rotatable bonds is 3. The van der Waals surface area contributed by atoms with Crippen molar-refractivity contribution in [1.82, 2.24) is 0 Å². The maximum Gasteiger partial charge on any atom is 0.185 e. The van der Waals surface area contributed by atoms with Gasteiger partial charge < -0.3 is 0 Å². The summed E-state index contributed by atoms with van der Waals surface area (Å²) in [5, 5.41) is 0. The van der Waals surface area contributed by atoms with Crippen LogP contribution in [0.1, 0.15) is 29.3 Å². The molecule has 0 atom stereocenters. The van der Waals surface area contributed by atoms with Crippen molar-refractivity contribution < 1.29 is 4.79 Å². The Hall–Kier alpha value is -1.37. The number of aryl methyl sites for hydroxylation is 1. The molecule has 1 nitrogen and oxygen atoms in total. The van der Waals surface area contributed by atoms with Crippen LogP contribution in [0.4, 0.5) is 0 Å². The fourth-order valence-electron chi connectivity index (χ4n) is 1.12. The van der Waals surface area contributed by atoms with E-state index in [2.05, 4.69) is 0 Å². The van der Waals surface area contributed by atoms with Crippen molar-refractivity contribution in [1.29, 1.82) is 0 Å². The Morgan fingerprint density at radius 1 is 1.46 bits per heavy atom. The van der Waals surface area contributed by atoms with E-state index >= 15 is 0 Å². The molecule has 0 aromatic heterocycles. The molecule has 0 heterocycles. The van der Waals surface area contributed by atoms with Crippen LogP contribution in [0.2, 0.25) is 0 Å². The summed E-state index contributed by atoms with van der Waals surface area (Å²) in [6, 6.07) is 7.64. The van der Waals surface area contributed by atoms with Crippen molar-refractivity contribution in [3.8, 4) is 0 Å². The molecule has 0 radical (unpaired) electrons. The third-order valence-corrected chi connectivity index (χ3v) is 1.81. The number of carbonyl (C=O) groups is 1. The van der Waals surface area contributed by atoms with Crippen molar-refractivity contribution in [3.05, 3.63) is 47.5 Å². The molecule has 13 heavy (non-hydrogen) atoms. The highest BCUT2D eigenvalue weighted by atomic mass is 16.1. The van der Waals surface area contributed by atoms with Gasteiger partial charge in [-0.2, -0.15) is 0 Å². The molecule has 68 valence electrons. The molecule has 0 amide bonds. The average molecular weight is 174 g/mol. The van der Waals surface area contributed by atoms with Crippen LogP contribution in [0.5, 0.6) is 0 Å². The van der Waals surface area contributed by atoms with Crippen LogP contribution < -0.4 is 0 Å². The van der Waals surface area contributed by atoms with Gasteiger partial charge in [-0.25, -0.2) is 0 Å². The zero-order valence-electron chi connectivity index (χ0n) is 8.08. The molecule has 0 fully saturated rings. The first-order valence-electron chi connectivity index (χ1n) is 4.51. The Bertz CT molecular complexity index is 324. The number of benzene rings is 1. The topological polar surface area (TPSA) is 17.1 Å². The van der Waals surface area contributed by atoms with E-state index in [0.717, 1.165) is 17.5 Å². The lowest BCUT2D eigenvalue weighted by molar-refractivity contribution is 0.104. The van der Waals surface area contributed by atoms with E-state index in [1.54, 1.807) is 6.08 Å². The second-order valence-corrected chi connectivity index (χ2v) is 3.04. The Labute approximate surface area is 79.1 Å². The molecule has 1 aromatic rings. The van der Waals surface area contributed by atoms with Gasteiger partial charge in [0.25, 0.3) is 0 Å². The molecule has 0 N–H and O–H groups in total. The quantitative estimate of drug-likeness (QED) is 0.508. The Balaban J connectivity index is 2.83. The van der Waals surface area contributed by atoms with Gasteiger partial charge in [-0.05, 0) is 25.5 Å². The molecule has 0 saturated heterocycles. The number of carbonyl (C=O) groups excluding carboxylic acids is 1. The standard InChI is InChI=1S/C12H14O/c1-3-4-8-12(13)11-7-5-6-10(2)9-11/h4-9H,3H2,1-2H3/b8-4+. The first kappa shape index (κ1) is 9.72. The van der Waals surface area contributed by atoms with Gasteiger partial charge in [0.15, 0.2) is 5.78 Å². The first-order chi connectivity index (χ1) is 6.24. The monoisotopic (exact) mass is 174 g/mol. The molecule has 0 aliphatic carbocycles. The molecule has 0 saturated carbocycles. The highest BCUT2D eigenvalue weighted by Crippen LogP contribution is 2.05. The zero-order chi connectivity index (χ0) is 9.68. The van der Waals surface area contributed by atoms with E-state index in [1.165, 1.54) is 0 Å². The van der Waals surface area contributed by atoms with Crippen molar-refractivity contribution >= 4 is 5.78 Å². The molecule has 0 aliphatic rings. The third kappa shape index (κ3) is 2.86. The molecule has 0 aliphatic heterocycles. The first-order valence-corrected chi connectivity index (χ1v) is 4.51. The molecular formula is C12H14O. The van der Waals surface area contributed by atoms with Crippen LogP contribution >= 0.6 is 0 Å². The summed E-state index contributed by atoms with van der Waals surface area (Å²) in [7, 11) is 0. The summed E-state index contributed by atoms with van der Waals surface area (Å²) in [5.74, 6) is 0.0885. The fraction of sp³-hybridized carbons (Fsp3) is 0.250. The Morgan fingerprint density at radius 3 is 2.85 bits per heavy atom.